The van der Waals surface area contributed by atoms with Crippen LogP contribution in [0.3, 0.4) is 0 Å². The van der Waals surface area contributed by atoms with Crippen molar-refractivity contribution < 1.29 is 9.90 Å². The average Bonchev–Trinajstić information content (AvgIpc) is 3.41. The van der Waals surface area contributed by atoms with Crippen LogP contribution in [0, 0.1) is 12.8 Å². The van der Waals surface area contributed by atoms with E-state index >= 15 is 0 Å². The number of aromatic hydroxyl groups is 1. The molecule has 0 spiro atoms. The number of carbonyl (C=O) groups excluding carboxylic acids is 1. The first kappa shape index (κ1) is 24.9. The number of nitrogens with zero attached hydrogens (tertiary/aromatic N) is 3. The van der Waals surface area contributed by atoms with Gasteiger partial charge in [-0.05, 0) is 23.6 Å². The van der Waals surface area contributed by atoms with Gasteiger partial charge in [-0.2, -0.15) is 8.75 Å². The lowest BCUT2D eigenvalue weighted by Gasteiger charge is -2.14. The molecule has 160 valence electrons. The summed E-state index contributed by atoms with van der Waals surface area (Å²) in [6, 6.07) is 9.00. The van der Waals surface area contributed by atoms with Gasteiger partial charge in [0.15, 0.2) is 17.4 Å². The lowest BCUT2D eigenvalue weighted by molar-refractivity contribution is 0.0824. The number of anilines is 3. The summed E-state index contributed by atoms with van der Waals surface area (Å²) in [6.45, 7) is 4.89. The number of hydrogen-bond donors (Lipinski definition) is 3. The molecule has 3 N–H and O–H groups in total. The van der Waals surface area contributed by atoms with Gasteiger partial charge in [-0.25, -0.2) is 0 Å². The van der Waals surface area contributed by atoms with Gasteiger partial charge in [0.2, 0.25) is 0 Å². The molecule has 0 fully saturated rings. The summed E-state index contributed by atoms with van der Waals surface area (Å²) in [5.74, 6) is 0.723. The third kappa shape index (κ3) is 7.06. The Bertz CT molecular complexity index is 921. The standard InChI is InChI=1S/C16H17N5O2S2.C3H8.C2H2/c1-21(2)16(23)11-6-3-7-12(13(11)22)18-15-14(19-25-20-15)17-9-10-5-4-8-24-10;1-3-2;1-2/h3-8,22H,9H2,1-2H3,(H,17,19)(H,18,20);3H2,1-2H3;1-2H. The predicted molar refractivity (Wildman–Crippen MR) is 127 cm³/mol. The molecule has 0 saturated heterocycles. The van der Waals surface area contributed by atoms with E-state index < -0.39 is 0 Å². The molecular weight excluding hydrogens is 418 g/mol. The van der Waals surface area contributed by atoms with Crippen LogP contribution in [0.1, 0.15) is 35.5 Å². The van der Waals surface area contributed by atoms with E-state index in [1.54, 1.807) is 43.6 Å². The second-order valence-corrected chi connectivity index (χ2v) is 7.69. The van der Waals surface area contributed by atoms with Crippen LogP contribution < -0.4 is 10.6 Å². The van der Waals surface area contributed by atoms with Crippen LogP contribution in [0.5, 0.6) is 5.75 Å². The number of hydrogen-bond acceptors (Lipinski definition) is 8. The highest BCUT2D eigenvalue weighted by atomic mass is 32.1. The van der Waals surface area contributed by atoms with E-state index in [-0.39, 0.29) is 17.2 Å². The van der Waals surface area contributed by atoms with Gasteiger partial charge in [-0.15, -0.1) is 24.2 Å². The van der Waals surface area contributed by atoms with Crippen LogP contribution in [-0.2, 0) is 6.54 Å². The monoisotopic (exact) mass is 445 g/mol. The number of benzene rings is 1. The smallest absolute Gasteiger partial charge is 0.257 e. The fraction of sp³-hybridized carbons (Fsp3) is 0.286. The fourth-order valence-corrected chi connectivity index (χ4v) is 3.29. The maximum Gasteiger partial charge on any atom is 0.257 e. The maximum absolute atomic E-state index is 12.1. The number of nitrogens with one attached hydrogen (secondary N) is 2. The number of terminal acetylenes is 1. The highest BCUT2D eigenvalue weighted by Crippen LogP contribution is 2.32. The van der Waals surface area contributed by atoms with Crippen molar-refractivity contribution in [2.45, 2.75) is 26.8 Å². The number of para-hydroxylation sites is 1. The van der Waals surface area contributed by atoms with E-state index in [2.05, 4.69) is 46.1 Å². The number of amides is 1. The Balaban J connectivity index is 0.000000826. The van der Waals surface area contributed by atoms with Crippen molar-refractivity contribution in [3.63, 3.8) is 0 Å². The van der Waals surface area contributed by atoms with Crippen molar-refractivity contribution in [1.29, 1.82) is 0 Å². The van der Waals surface area contributed by atoms with Gasteiger partial charge in [0.25, 0.3) is 5.91 Å². The summed E-state index contributed by atoms with van der Waals surface area (Å²) in [7, 11) is 3.28. The molecule has 3 aromatic rings. The van der Waals surface area contributed by atoms with E-state index in [0.29, 0.717) is 23.9 Å². The molecule has 0 unspecified atom stereocenters. The summed E-state index contributed by atoms with van der Waals surface area (Å²) in [5, 5.41) is 18.7. The zero-order chi connectivity index (χ0) is 22.5. The first-order valence-electron chi connectivity index (χ1n) is 9.20. The minimum absolute atomic E-state index is 0.113. The van der Waals surface area contributed by atoms with Crippen molar-refractivity contribution in [3.8, 4) is 18.6 Å². The van der Waals surface area contributed by atoms with Crippen molar-refractivity contribution in [3.05, 3.63) is 46.2 Å². The third-order valence-corrected chi connectivity index (χ3v) is 4.83. The third-order valence-electron chi connectivity index (χ3n) is 3.42. The molecule has 2 heterocycles. The molecule has 1 amide bonds. The number of thiophene rings is 1. The first-order chi connectivity index (χ1) is 14.5. The van der Waals surface area contributed by atoms with Crippen LogP contribution in [0.2, 0.25) is 0 Å². The van der Waals surface area contributed by atoms with Crippen LogP contribution in [0.4, 0.5) is 17.3 Å². The van der Waals surface area contributed by atoms with Crippen LogP contribution in [-0.4, -0.2) is 38.8 Å². The molecule has 0 radical (unpaired) electrons. The van der Waals surface area contributed by atoms with E-state index in [0.717, 1.165) is 11.7 Å². The molecule has 0 aliphatic heterocycles. The Morgan fingerprint density at radius 3 is 2.40 bits per heavy atom. The lowest BCUT2D eigenvalue weighted by atomic mass is 10.1. The fourth-order valence-electron chi connectivity index (χ4n) is 2.16. The molecular formula is C21H27N5O2S2. The molecule has 0 bridgehead atoms. The minimum Gasteiger partial charge on any atom is -0.505 e. The zero-order valence-corrected chi connectivity index (χ0v) is 19.2. The minimum atomic E-state index is -0.270. The topological polar surface area (TPSA) is 90.4 Å². The van der Waals surface area contributed by atoms with E-state index in [4.69, 9.17) is 0 Å². The first-order valence-corrected chi connectivity index (χ1v) is 10.8. The number of rotatable bonds is 6. The van der Waals surface area contributed by atoms with Crippen LogP contribution >= 0.6 is 23.1 Å². The van der Waals surface area contributed by atoms with Gasteiger partial charge >= 0.3 is 0 Å². The Labute approximate surface area is 186 Å². The van der Waals surface area contributed by atoms with Gasteiger partial charge in [0.1, 0.15) is 0 Å². The molecule has 0 aliphatic rings. The lowest BCUT2D eigenvalue weighted by Crippen LogP contribution is -2.21. The van der Waals surface area contributed by atoms with Crippen molar-refractivity contribution in [2.24, 2.45) is 0 Å². The Kier molecular flexibility index (Phi) is 11.0. The number of phenolic OH excluding ortho intramolecular Hbond substituents is 1. The number of carbonyl (C=O) groups is 1. The van der Waals surface area contributed by atoms with Gasteiger partial charge in [-0.3, -0.25) is 4.79 Å². The SMILES string of the molecule is C#C.CCC.CN(C)C(=O)c1cccc(Nc2nsnc2NCc2cccs2)c1O. The normalized spacial score (nSPS) is 9.40. The second-order valence-electron chi connectivity index (χ2n) is 6.13. The van der Waals surface area contributed by atoms with Gasteiger partial charge in [0, 0.05) is 19.0 Å². The molecule has 7 nitrogen and oxygen atoms in total. The quantitative estimate of drug-likeness (QED) is 0.364. The van der Waals surface area contributed by atoms with Gasteiger partial charge < -0.3 is 20.6 Å². The number of aromatic nitrogens is 2. The highest BCUT2D eigenvalue weighted by Gasteiger charge is 2.17. The maximum atomic E-state index is 12.1. The van der Waals surface area contributed by atoms with E-state index in [1.807, 2.05) is 17.5 Å². The Hall–Kier alpha value is -3.09. The Morgan fingerprint density at radius 2 is 1.80 bits per heavy atom. The zero-order valence-electron chi connectivity index (χ0n) is 17.5. The molecule has 0 saturated carbocycles. The summed E-state index contributed by atoms with van der Waals surface area (Å²) in [4.78, 5) is 14.7. The van der Waals surface area contributed by atoms with Crippen molar-refractivity contribution in [2.75, 3.05) is 24.7 Å². The molecule has 3 rings (SSSR count). The van der Waals surface area contributed by atoms with Crippen LogP contribution in [0.25, 0.3) is 0 Å². The van der Waals surface area contributed by atoms with Crippen molar-refractivity contribution in [1.82, 2.24) is 13.6 Å². The predicted octanol–water partition coefficient (Wildman–Crippen LogP) is 5.03. The van der Waals surface area contributed by atoms with E-state index in [1.165, 1.54) is 16.2 Å². The molecule has 1 aromatic carbocycles. The molecule has 30 heavy (non-hydrogen) atoms. The summed E-state index contributed by atoms with van der Waals surface area (Å²) in [5.41, 5.74) is 0.630. The average molecular weight is 446 g/mol. The van der Waals surface area contributed by atoms with Crippen molar-refractivity contribution >= 4 is 46.3 Å². The molecule has 0 atom stereocenters. The second kappa shape index (κ2) is 13.2. The highest BCUT2D eigenvalue weighted by molar-refractivity contribution is 7.09. The number of phenols is 1. The van der Waals surface area contributed by atoms with Crippen LogP contribution in [0.15, 0.2) is 35.7 Å². The van der Waals surface area contributed by atoms with E-state index in [9.17, 15) is 9.90 Å². The Morgan fingerprint density at radius 1 is 1.13 bits per heavy atom. The largest absolute Gasteiger partial charge is 0.505 e. The molecule has 2 aromatic heterocycles. The summed E-state index contributed by atoms with van der Waals surface area (Å²) < 4.78 is 8.45. The summed E-state index contributed by atoms with van der Waals surface area (Å²) >= 11 is 2.72. The summed E-state index contributed by atoms with van der Waals surface area (Å²) in [6.07, 6.45) is 9.25. The molecule has 0 aliphatic carbocycles. The van der Waals surface area contributed by atoms with Gasteiger partial charge in [0.05, 0.1) is 29.5 Å². The molecule has 9 heteroatoms. The van der Waals surface area contributed by atoms with Gasteiger partial charge in [-0.1, -0.05) is 32.4 Å².